The Kier molecular flexibility index (Phi) is 9.47. The van der Waals surface area contributed by atoms with E-state index in [1.807, 2.05) is 28.8 Å². The van der Waals surface area contributed by atoms with Crippen LogP contribution in [0.25, 0.3) is 0 Å². The lowest BCUT2D eigenvalue weighted by Gasteiger charge is -2.11. The lowest BCUT2D eigenvalue weighted by molar-refractivity contribution is 0.0954. The van der Waals surface area contributed by atoms with Crippen molar-refractivity contribution in [2.75, 3.05) is 26.0 Å². The molecule has 0 aliphatic carbocycles. The number of methoxy groups -OCH3 is 1. The number of amides is 1. The van der Waals surface area contributed by atoms with E-state index in [0.717, 1.165) is 11.0 Å². The molecule has 33 heavy (non-hydrogen) atoms. The van der Waals surface area contributed by atoms with Gasteiger partial charge in [-0.1, -0.05) is 53.2 Å². The summed E-state index contributed by atoms with van der Waals surface area (Å²) in [6.45, 7) is 5.27. The summed E-state index contributed by atoms with van der Waals surface area (Å²) in [4.78, 5) is 12.4. The molecule has 1 heterocycles. The zero-order chi connectivity index (χ0) is 23.6. The maximum absolute atomic E-state index is 12.4. The van der Waals surface area contributed by atoms with Gasteiger partial charge in [-0.2, -0.15) is 0 Å². The molecule has 10 heteroatoms. The van der Waals surface area contributed by atoms with Crippen LogP contribution in [-0.2, 0) is 13.0 Å². The largest absolute Gasteiger partial charge is 0.493 e. The first-order valence-electron chi connectivity index (χ1n) is 10.2. The molecule has 0 aliphatic rings. The van der Waals surface area contributed by atoms with E-state index in [1.54, 1.807) is 43.1 Å². The first kappa shape index (κ1) is 25.0. The van der Waals surface area contributed by atoms with Gasteiger partial charge in [0.15, 0.2) is 16.7 Å². The molecule has 0 spiro atoms. The number of hydrogen-bond acceptors (Lipinski definition) is 6. The summed E-state index contributed by atoms with van der Waals surface area (Å²) in [5.41, 5.74) is 0.447. The number of carbonyl (C=O) groups is 1. The van der Waals surface area contributed by atoms with Gasteiger partial charge >= 0.3 is 0 Å². The van der Waals surface area contributed by atoms with Crippen molar-refractivity contribution in [3.8, 4) is 11.5 Å². The fourth-order valence-corrected chi connectivity index (χ4v) is 4.05. The molecule has 1 aromatic heterocycles. The van der Waals surface area contributed by atoms with Gasteiger partial charge in [0, 0.05) is 30.8 Å². The van der Waals surface area contributed by atoms with E-state index in [1.165, 1.54) is 0 Å². The highest BCUT2D eigenvalue weighted by molar-refractivity contribution is 7.99. The van der Waals surface area contributed by atoms with Gasteiger partial charge in [0.25, 0.3) is 5.91 Å². The van der Waals surface area contributed by atoms with Crippen molar-refractivity contribution in [1.29, 1.82) is 0 Å². The second kappa shape index (κ2) is 12.5. The Bertz CT molecular complexity index is 1110. The molecule has 1 amide bonds. The standard InChI is InChI=1S/C23H24Cl2N4O3S/c1-3-12-29-21(10-11-26-22(30)16-8-9-17(24)18(25)15-16)27-28-23(29)33-14-13-32-20-7-5-4-6-19(20)31-2/h3-9,15H,1,10-14H2,2H3,(H,26,30). The van der Waals surface area contributed by atoms with Crippen LogP contribution in [0.1, 0.15) is 16.2 Å². The van der Waals surface area contributed by atoms with Crippen LogP contribution in [0.4, 0.5) is 0 Å². The number of nitrogens with one attached hydrogen (secondary N) is 1. The summed E-state index contributed by atoms with van der Waals surface area (Å²) >= 11 is 13.4. The van der Waals surface area contributed by atoms with E-state index in [2.05, 4.69) is 22.1 Å². The van der Waals surface area contributed by atoms with Crippen molar-refractivity contribution in [3.05, 3.63) is 76.6 Å². The number of aromatic nitrogens is 3. The summed E-state index contributed by atoms with van der Waals surface area (Å²) in [5, 5.41) is 13.0. The summed E-state index contributed by atoms with van der Waals surface area (Å²) in [6, 6.07) is 12.3. The number of carbonyl (C=O) groups excluding carboxylic acids is 1. The van der Waals surface area contributed by atoms with Crippen LogP contribution in [0.5, 0.6) is 11.5 Å². The quantitative estimate of drug-likeness (QED) is 0.213. The molecule has 1 N–H and O–H groups in total. The SMILES string of the molecule is C=CCn1c(CCNC(=O)c2ccc(Cl)c(Cl)c2)nnc1SCCOc1ccccc1OC. The second-order valence-corrected chi connectivity index (χ2v) is 8.66. The topological polar surface area (TPSA) is 78.3 Å². The van der Waals surface area contributed by atoms with Crippen molar-refractivity contribution < 1.29 is 14.3 Å². The summed E-state index contributed by atoms with van der Waals surface area (Å²) in [6.07, 6.45) is 2.31. The Labute approximate surface area is 207 Å². The molecule has 0 unspecified atom stereocenters. The Hall–Kier alpha value is -2.68. The van der Waals surface area contributed by atoms with Gasteiger partial charge in [-0.25, -0.2) is 0 Å². The van der Waals surface area contributed by atoms with Crippen molar-refractivity contribution >= 4 is 40.9 Å². The number of thioether (sulfide) groups is 1. The normalized spacial score (nSPS) is 10.6. The molecule has 0 bridgehead atoms. The molecule has 0 radical (unpaired) electrons. The number of benzene rings is 2. The predicted molar refractivity (Wildman–Crippen MR) is 132 cm³/mol. The highest BCUT2D eigenvalue weighted by Crippen LogP contribution is 2.26. The Morgan fingerprint density at radius 1 is 1.18 bits per heavy atom. The molecule has 0 atom stereocenters. The number of rotatable bonds is 12. The smallest absolute Gasteiger partial charge is 0.251 e. The maximum atomic E-state index is 12.4. The Balaban J connectivity index is 1.52. The number of nitrogens with zero attached hydrogens (tertiary/aromatic N) is 3. The van der Waals surface area contributed by atoms with Gasteiger partial charge in [0.2, 0.25) is 0 Å². The molecule has 3 aromatic rings. The van der Waals surface area contributed by atoms with E-state index in [4.69, 9.17) is 32.7 Å². The second-order valence-electron chi connectivity index (χ2n) is 6.78. The molecular formula is C23H24Cl2N4O3S. The molecule has 0 fully saturated rings. The van der Waals surface area contributed by atoms with Crippen LogP contribution < -0.4 is 14.8 Å². The van der Waals surface area contributed by atoms with Gasteiger partial charge in [0.1, 0.15) is 5.82 Å². The van der Waals surface area contributed by atoms with E-state index >= 15 is 0 Å². The van der Waals surface area contributed by atoms with Crippen LogP contribution in [0.15, 0.2) is 60.3 Å². The molecule has 2 aromatic carbocycles. The third-order valence-corrected chi connectivity index (χ3v) is 6.23. The van der Waals surface area contributed by atoms with Gasteiger partial charge < -0.3 is 19.4 Å². The summed E-state index contributed by atoms with van der Waals surface area (Å²) < 4.78 is 13.1. The minimum absolute atomic E-state index is 0.230. The monoisotopic (exact) mass is 506 g/mol. The van der Waals surface area contributed by atoms with Crippen LogP contribution in [0.2, 0.25) is 10.0 Å². The molecule has 174 valence electrons. The van der Waals surface area contributed by atoms with Crippen LogP contribution >= 0.6 is 35.0 Å². The van der Waals surface area contributed by atoms with E-state index < -0.39 is 0 Å². The summed E-state index contributed by atoms with van der Waals surface area (Å²) in [7, 11) is 1.61. The average molecular weight is 507 g/mol. The third-order valence-electron chi connectivity index (χ3n) is 4.56. The van der Waals surface area contributed by atoms with E-state index in [9.17, 15) is 4.79 Å². The molecule has 3 rings (SSSR count). The fraction of sp³-hybridized carbons (Fsp3) is 0.261. The minimum atomic E-state index is -0.230. The maximum Gasteiger partial charge on any atom is 0.251 e. The fourth-order valence-electron chi connectivity index (χ4n) is 2.97. The number of para-hydroxylation sites is 2. The number of hydrogen-bond donors (Lipinski definition) is 1. The van der Waals surface area contributed by atoms with Crippen molar-refractivity contribution in [3.63, 3.8) is 0 Å². The predicted octanol–water partition coefficient (Wildman–Crippen LogP) is 4.92. The van der Waals surface area contributed by atoms with Crippen molar-refractivity contribution in [2.24, 2.45) is 0 Å². The molecule has 0 saturated heterocycles. The third kappa shape index (κ3) is 6.90. The zero-order valence-electron chi connectivity index (χ0n) is 18.1. The van der Waals surface area contributed by atoms with Gasteiger partial charge in [-0.3, -0.25) is 4.79 Å². The van der Waals surface area contributed by atoms with Crippen molar-refractivity contribution in [2.45, 2.75) is 18.1 Å². The Morgan fingerprint density at radius 2 is 1.97 bits per heavy atom. The number of halogens is 2. The van der Waals surface area contributed by atoms with Gasteiger partial charge in [0.05, 0.1) is 23.8 Å². The van der Waals surface area contributed by atoms with Gasteiger partial charge in [-0.05, 0) is 30.3 Å². The zero-order valence-corrected chi connectivity index (χ0v) is 20.4. The van der Waals surface area contributed by atoms with E-state index in [-0.39, 0.29) is 5.91 Å². The average Bonchev–Trinajstić information content (AvgIpc) is 3.20. The Morgan fingerprint density at radius 3 is 2.70 bits per heavy atom. The minimum Gasteiger partial charge on any atom is -0.493 e. The molecule has 0 saturated carbocycles. The lowest BCUT2D eigenvalue weighted by Crippen LogP contribution is -2.26. The van der Waals surface area contributed by atoms with Crippen LogP contribution in [0, 0.1) is 0 Å². The molecule has 7 nitrogen and oxygen atoms in total. The number of ether oxygens (including phenoxy) is 2. The van der Waals surface area contributed by atoms with Crippen molar-refractivity contribution in [1.82, 2.24) is 20.1 Å². The van der Waals surface area contributed by atoms with Crippen LogP contribution in [0.3, 0.4) is 0 Å². The van der Waals surface area contributed by atoms with Crippen LogP contribution in [-0.4, -0.2) is 46.7 Å². The van der Waals surface area contributed by atoms with Gasteiger partial charge in [-0.15, -0.1) is 16.8 Å². The van der Waals surface area contributed by atoms with E-state index in [0.29, 0.717) is 59.0 Å². The number of allylic oxidation sites excluding steroid dienone is 1. The highest BCUT2D eigenvalue weighted by Gasteiger charge is 2.13. The first-order chi connectivity index (χ1) is 16.0. The summed E-state index contributed by atoms with van der Waals surface area (Å²) in [5.74, 6) is 2.61. The lowest BCUT2D eigenvalue weighted by atomic mass is 10.2. The first-order valence-corrected chi connectivity index (χ1v) is 11.9. The molecule has 0 aliphatic heterocycles. The molecular weight excluding hydrogens is 483 g/mol. The highest BCUT2D eigenvalue weighted by atomic mass is 35.5.